The predicted molar refractivity (Wildman–Crippen MR) is 188 cm³/mol. The van der Waals surface area contributed by atoms with Crippen molar-refractivity contribution in [1.82, 2.24) is 19.1 Å². The summed E-state index contributed by atoms with van der Waals surface area (Å²) in [6.45, 7) is 27.7. The molecule has 0 fully saturated rings. The van der Waals surface area contributed by atoms with E-state index in [0.29, 0.717) is 5.96 Å². The van der Waals surface area contributed by atoms with E-state index < -0.39 is 25.8 Å². The number of carbonyl (C=O) groups is 4. The zero-order valence-corrected chi connectivity index (χ0v) is 34.0. The van der Waals surface area contributed by atoms with Crippen LogP contribution in [0.15, 0.2) is 30.3 Å². The molecule has 246 valence electrons. The number of carbonyl (C=O) groups excluding carboxylic acids is 4. The fraction of sp³-hybridized carbons (Fsp3) is 0.690. The van der Waals surface area contributed by atoms with Crippen LogP contribution in [0.2, 0.25) is 0 Å². The normalized spacial score (nSPS) is 11.1. The molecule has 0 aromatic rings. The molecule has 3 amide bonds. The van der Waals surface area contributed by atoms with E-state index in [1.54, 1.807) is 27.0 Å². The predicted octanol–water partition coefficient (Wildman–Crippen LogP) is 3.25. The Morgan fingerprint density at radius 3 is 1.83 bits per heavy atom. The van der Waals surface area contributed by atoms with Gasteiger partial charge in [-0.3, -0.25) is 14.4 Å². The maximum absolute atomic E-state index is 11.7. The molecule has 0 aliphatic rings. The Morgan fingerprint density at radius 1 is 1.02 bits per heavy atom. The Hall–Kier alpha value is -1.56. The van der Waals surface area contributed by atoms with Gasteiger partial charge in [-0.25, -0.2) is 0 Å². The Bertz CT molecular complexity index is 777. The van der Waals surface area contributed by atoms with Crippen LogP contribution in [0, 0.1) is 17.3 Å². The van der Waals surface area contributed by atoms with Crippen molar-refractivity contribution in [1.29, 1.82) is 0 Å². The first-order valence-electron chi connectivity index (χ1n) is 14.1. The third-order valence-electron chi connectivity index (χ3n) is 5.38. The number of primary amides is 1. The molecule has 11 nitrogen and oxygen atoms in total. The molecule has 0 saturated carbocycles. The van der Waals surface area contributed by atoms with Crippen molar-refractivity contribution in [3.63, 3.8) is 0 Å². The van der Waals surface area contributed by atoms with E-state index in [-0.39, 0.29) is 48.1 Å². The Morgan fingerprint density at radius 2 is 1.52 bits per heavy atom. The van der Waals surface area contributed by atoms with Gasteiger partial charge in [0.05, 0.1) is 13.1 Å². The van der Waals surface area contributed by atoms with Gasteiger partial charge < -0.3 is 26.5 Å². The first-order valence-corrected chi connectivity index (χ1v) is 26.9. The molecule has 13 heteroatoms. The van der Waals surface area contributed by atoms with Gasteiger partial charge >= 0.3 is 77.7 Å². The topological polar surface area (TPSA) is 181 Å². The van der Waals surface area contributed by atoms with Gasteiger partial charge in [-0.05, 0) is 27.3 Å². The van der Waals surface area contributed by atoms with Crippen LogP contribution in [0.3, 0.4) is 0 Å². The van der Waals surface area contributed by atoms with E-state index >= 15 is 0 Å². The summed E-state index contributed by atoms with van der Waals surface area (Å²) in [6, 6.07) is 0. The Kier molecular flexibility index (Phi) is 38.6. The third kappa shape index (κ3) is 34.6. The van der Waals surface area contributed by atoms with Gasteiger partial charge in [-0.1, -0.05) is 60.6 Å². The van der Waals surface area contributed by atoms with Gasteiger partial charge in [0.25, 0.3) is 0 Å². The number of hydrogen-bond acceptors (Lipinski definition) is 6. The van der Waals surface area contributed by atoms with Crippen molar-refractivity contribution in [2.75, 3.05) is 26.7 Å². The molecule has 0 aromatic carbocycles. The van der Waals surface area contributed by atoms with Crippen LogP contribution in [0.4, 0.5) is 0 Å². The van der Waals surface area contributed by atoms with Crippen molar-refractivity contribution < 1.29 is 19.2 Å². The molecule has 0 bridgehead atoms. The molecule has 2 radical (unpaired) electrons. The van der Waals surface area contributed by atoms with Gasteiger partial charge in [0.1, 0.15) is 6.29 Å². The number of guanidine groups is 1. The first-order chi connectivity index (χ1) is 19.4. The summed E-state index contributed by atoms with van der Waals surface area (Å²) in [5.74, 6) is 0.125. The number of likely N-dealkylation sites (N-methyl/N-ethyl adjacent to an activating group) is 1. The number of hydrogen-bond donors (Lipinski definition) is 6. The van der Waals surface area contributed by atoms with Crippen LogP contribution in [-0.4, -0.2) is 82.4 Å². The fourth-order valence-electron chi connectivity index (χ4n) is 1.85. The van der Waals surface area contributed by atoms with Crippen molar-refractivity contribution >= 4 is 68.0 Å². The number of nitrogens with zero attached hydrogens (tertiary/aromatic N) is 1. The fourth-order valence-corrected chi connectivity index (χ4v) is 4.96. The van der Waals surface area contributed by atoms with E-state index in [1.807, 2.05) is 54.5 Å². The van der Waals surface area contributed by atoms with Gasteiger partial charge in [0.2, 0.25) is 17.7 Å². The third-order valence-corrected chi connectivity index (χ3v) is 9.11. The summed E-state index contributed by atoms with van der Waals surface area (Å²) in [4.78, 5) is 46.8. The van der Waals surface area contributed by atoms with E-state index in [0.717, 1.165) is 25.7 Å². The van der Waals surface area contributed by atoms with Gasteiger partial charge in [0, 0.05) is 22.8 Å². The van der Waals surface area contributed by atoms with Gasteiger partial charge in [-0.15, -0.1) is 13.2 Å². The monoisotopic (exact) mass is 905 g/mol. The number of rotatable bonds is 14. The van der Waals surface area contributed by atoms with Crippen LogP contribution < -0.4 is 30.5 Å². The van der Waals surface area contributed by atoms with Gasteiger partial charge in [0.15, 0.2) is 0 Å². The Labute approximate surface area is 277 Å². The minimum absolute atomic E-state index is 0.00926. The zero-order valence-electron chi connectivity index (χ0n) is 27.9. The second-order valence-corrected chi connectivity index (χ2v) is 16.5. The van der Waals surface area contributed by atoms with E-state index in [1.165, 1.54) is 0 Å². The molecule has 1 unspecified atom stereocenters. The number of aliphatic imine (C=N–C) groups is 1. The van der Waals surface area contributed by atoms with Crippen LogP contribution in [0.5, 0.6) is 0 Å². The van der Waals surface area contributed by atoms with E-state index in [4.69, 9.17) is 11.5 Å². The molecule has 1 atom stereocenters. The number of nitrogens with one attached hydrogen (secondary N) is 4. The van der Waals surface area contributed by atoms with E-state index in [9.17, 15) is 19.2 Å². The second kappa shape index (κ2) is 32.4. The summed E-state index contributed by atoms with van der Waals surface area (Å²) in [6.07, 6.45) is 6.36. The summed E-state index contributed by atoms with van der Waals surface area (Å²) in [5.41, 5.74) is 9.58. The van der Waals surface area contributed by atoms with Crippen molar-refractivity contribution in [2.24, 2.45) is 33.7 Å². The van der Waals surface area contributed by atoms with Crippen LogP contribution >= 0.6 is 17.8 Å². The summed E-state index contributed by atoms with van der Waals surface area (Å²) in [7, 11) is 1.68. The van der Waals surface area contributed by atoms with Gasteiger partial charge in [-0.2, -0.15) is 0 Å². The SMILES string of the molecule is C=CC(C)(C)C(C)(C)NC(=O)CNC(=O)CNC.C=CCC(C)C=O.CC.CC(C)C(N)=O.CCCN=C(N)[NH][Pb][I]. The molecule has 0 heterocycles. The summed E-state index contributed by atoms with van der Waals surface area (Å²) < 4.78 is 3.09. The number of halogens is 1. The summed E-state index contributed by atoms with van der Waals surface area (Å²) in [5, 5.41) is 8.15. The van der Waals surface area contributed by atoms with Crippen molar-refractivity contribution in [2.45, 2.75) is 87.6 Å². The van der Waals surface area contributed by atoms with E-state index in [2.05, 4.69) is 61.9 Å². The molecule has 0 saturated heterocycles. The molecule has 0 aliphatic carbocycles. The number of allylic oxidation sites excluding steroid dienone is 1. The Balaban J connectivity index is -0.000000159. The number of amides is 3. The van der Waals surface area contributed by atoms with Crippen molar-refractivity contribution in [3.8, 4) is 0 Å². The number of aldehydes is 1. The van der Waals surface area contributed by atoms with Crippen LogP contribution in [-0.2, 0) is 19.2 Å². The minimum atomic E-state index is -0.603. The molecular weight excluding hydrogens is 844 g/mol. The zero-order chi connectivity index (χ0) is 34.4. The maximum atomic E-state index is 11.7. The molecule has 0 aliphatic heterocycles. The van der Waals surface area contributed by atoms with Crippen LogP contribution in [0.1, 0.15) is 82.1 Å². The first kappa shape index (κ1) is 50.1. The quantitative estimate of drug-likeness (QED) is 0.0387. The molecule has 8 N–H and O–H groups in total. The average Bonchev–Trinajstić information content (AvgIpc) is 2.93. The van der Waals surface area contributed by atoms with Crippen molar-refractivity contribution in [3.05, 3.63) is 25.3 Å². The molecular formula is C29H60IN7O4Pb. The molecule has 0 spiro atoms. The average molecular weight is 905 g/mol. The summed E-state index contributed by atoms with van der Waals surface area (Å²) >= 11 is 1.77. The number of nitrogens with two attached hydrogens (primary N) is 2. The second-order valence-electron chi connectivity index (χ2n) is 10.1. The molecule has 42 heavy (non-hydrogen) atoms. The molecule has 0 aromatic heterocycles. The standard InChI is InChI=1S/C13H25N3O2.C6H10O.C4H10N3.C4H9NO.C2H6.HI.Pb/c1-7-12(2,3)13(4,5)16-11(18)9-15-10(17)8-14-6;1-3-4-6(2)5-7;1-2-3-7-4(5)6;1-3(2)4(5)6;1-2;;/h7,14H,1,8-9H2,2-6H3,(H,15,17)(H,16,18);3,5-6H,1,4H2,2H3;2-3H2,1H3,(H3-,5,6,7);3H,1-2H3,(H2,5,6);1-2H3;1H;/q;;-1;;;;+2/p-1. The molecule has 0 rings (SSSR count). The van der Waals surface area contributed by atoms with Crippen LogP contribution in [0.25, 0.3) is 0 Å².